The Morgan fingerprint density at radius 3 is 2.12 bits per heavy atom. The molecule has 0 saturated heterocycles. The molecule has 0 radical (unpaired) electrons. The van der Waals surface area contributed by atoms with Crippen LogP contribution in [0.4, 0.5) is 0 Å². The van der Waals surface area contributed by atoms with Gasteiger partial charge in [-0.05, 0) is 37.1 Å². The van der Waals surface area contributed by atoms with Crippen molar-refractivity contribution in [3.63, 3.8) is 0 Å². The van der Waals surface area contributed by atoms with Crippen molar-refractivity contribution in [3.05, 3.63) is 29.8 Å². The van der Waals surface area contributed by atoms with Gasteiger partial charge in [0.05, 0.1) is 17.5 Å². The Labute approximate surface area is 151 Å². The largest absolute Gasteiger partial charge is 0.491 e. The van der Waals surface area contributed by atoms with Crippen LogP contribution in [0.15, 0.2) is 24.3 Å². The number of hydrogen-bond acceptors (Lipinski definition) is 5. The molecular formula is C18H25BrO5. The van der Waals surface area contributed by atoms with Crippen LogP contribution < -0.4 is 4.74 Å². The molecule has 1 aromatic rings. The first-order valence-electron chi connectivity index (χ1n) is 8.10. The van der Waals surface area contributed by atoms with Crippen LogP contribution in [-0.4, -0.2) is 42.5 Å². The van der Waals surface area contributed by atoms with E-state index >= 15 is 0 Å². The highest BCUT2D eigenvalue weighted by atomic mass is 79.9. The molecule has 1 rings (SSSR count). The summed E-state index contributed by atoms with van der Waals surface area (Å²) in [5.74, 6) is 0.458. The minimum atomic E-state index is -0.495. The first kappa shape index (κ1) is 20.6. The van der Waals surface area contributed by atoms with Gasteiger partial charge in [0, 0.05) is 12.5 Å². The normalized spacial score (nSPS) is 11.2. The van der Waals surface area contributed by atoms with E-state index in [9.17, 15) is 9.59 Å². The van der Waals surface area contributed by atoms with Crippen LogP contribution in [-0.2, 0) is 14.3 Å². The average Bonchev–Trinajstić information content (AvgIpc) is 2.60. The highest BCUT2D eigenvalue weighted by Gasteiger charge is 2.32. The van der Waals surface area contributed by atoms with Gasteiger partial charge in [-0.3, -0.25) is 9.59 Å². The first-order valence-corrected chi connectivity index (χ1v) is 8.90. The minimum Gasteiger partial charge on any atom is -0.491 e. The van der Waals surface area contributed by atoms with Gasteiger partial charge >= 0.3 is 5.97 Å². The summed E-state index contributed by atoms with van der Waals surface area (Å²) in [7, 11) is 0. The van der Waals surface area contributed by atoms with Crippen molar-refractivity contribution in [2.45, 2.75) is 37.9 Å². The number of ether oxygens (including phenoxy) is 3. The molecule has 1 aromatic carbocycles. The molecule has 134 valence electrons. The van der Waals surface area contributed by atoms with E-state index in [0.29, 0.717) is 31.1 Å². The SMILES string of the molecule is CCC(Br)(CC)C(=O)c1ccc(OCCOCCOC(C)=O)cc1. The van der Waals surface area contributed by atoms with Gasteiger partial charge in [0.2, 0.25) is 0 Å². The summed E-state index contributed by atoms with van der Waals surface area (Å²) in [6.45, 7) is 6.73. The maximum atomic E-state index is 12.5. The highest BCUT2D eigenvalue weighted by molar-refractivity contribution is 9.10. The fraction of sp³-hybridized carbons (Fsp3) is 0.556. The molecule has 0 atom stereocenters. The van der Waals surface area contributed by atoms with Gasteiger partial charge in [-0.15, -0.1) is 0 Å². The third kappa shape index (κ3) is 6.61. The van der Waals surface area contributed by atoms with E-state index in [1.54, 1.807) is 24.3 Å². The lowest BCUT2D eigenvalue weighted by molar-refractivity contribution is -0.142. The molecule has 0 unspecified atom stereocenters. The van der Waals surface area contributed by atoms with E-state index in [1.165, 1.54) is 6.92 Å². The molecule has 0 amide bonds. The van der Waals surface area contributed by atoms with Crippen LogP contribution in [0.1, 0.15) is 44.0 Å². The summed E-state index contributed by atoms with van der Waals surface area (Å²) in [6, 6.07) is 7.12. The number of carbonyl (C=O) groups excluding carboxylic acids is 2. The van der Waals surface area contributed by atoms with Crippen LogP contribution in [0, 0.1) is 0 Å². The third-order valence-corrected chi connectivity index (χ3v) is 5.16. The molecule has 0 aliphatic heterocycles. The summed E-state index contributed by atoms with van der Waals surface area (Å²) >= 11 is 3.56. The highest BCUT2D eigenvalue weighted by Crippen LogP contribution is 2.31. The summed E-state index contributed by atoms with van der Waals surface area (Å²) < 4.78 is 15.1. The number of benzene rings is 1. The first-order chi connectivity index (χ1) is 11.4. The zero-order chi connectivity index (χ0) is 18.0. The number of ketones is 1. The summed E-state index contributed by atoms with van der Waals surface area (Å²) in [5, 5.41) is 0. The second kappa shape index (κ2) is 10.5. The number of halogens is 1. The Hall–Kier alpha value is -1.40. The van der Waals surface area contributed by atoms with E-state index in [2.05, 4.69) is 15.9 Å². The molecule has 0 fully saturated rings. The number of rotatable bonds is 11. The second-order valence-electron chi connectivity index (χ2n) is 5.33. The lowest BCUT2D eigenvalue weighted by atomic mass is 9.93. The smallest absolute Gasteiger partial charge is 0.302 e. The summed E-state index contributed by atoms with van der Waals surface area (Å²) in [6.07, 6.45) is 1.48. The van der Waals surface area contributed by atoms with Gasteiger partial charge in [0.15, 0.2) is 5.78 Å². The van der Waals surface area contributed by atoms with Crippen LogP contribution in [0.3, 0.4) is 0 Å². The van der Waals surface area contributed by atoms with E-state index in [4.69, 9.17) is 14.2 Å². The van der Waals surface area contributed by atoms with E-state index in [0.717, 1.165) is 12.8 Å². The summed E-state index contributed by atoms with van der Waals surface area (Å²) in [5.41, 5.74) is 0.667. The average molecular weight is 401 g/mol. The monoisotopic (exact) mass is 400 g/mol. The predicted molar refractivity (Wildman–Crippen MR) is 96.0 cm³/mol. The zero-order valence-corrected chi connectivity index (χ0v) is 16.1. The fourth-order valence-corrected chi connectivity index (χ4v) is 2.33. The maximum absolute atomic E-state index is 12.5. The second-order valence-corrected chi connectivity index (χ2v) is 6.84. The van der Waals surface area contributed by atoms with Gasteiger partial charge in [-0.2, -0.15) is 0 Å². The minimum absolute atomic E-state index is 0.0906. The van der Waals surface area contributed by atoms with Crippen molar-refractivity contribution in [1.82, 2.24) is 0 Å². The Bertz CT molecular complexity index is 523. The molecule has 5 nitrogen and oxygen atoms in total. The molecule has 0 saturated carbocycles. The van der Waals surface area contributed by atoms with Gasteiger partial charge in [-0.25, -0.2) is 0 Å². The lowest BCUT2D eigenvalue weighted by Gasteiger charge is -2.22. The van der Waals surface area contributed by atoms with E-state index in [-0.39, 0.29) is 18.4 Å². The van der Waals surface area contributed by atoms with Crippen molar-refractivity contribution >= 4 is 27.7 Å². The van der Waals surface area contributed by atoms with Gasteiger partial charge in [0.1, 0.15) is 19.0 Å². The predicted octanol–water partition coefficient (Wildman–Crippen LogP) is 3.78. The lowest BCUT2D eigenvalue weighted by Crippen LogP contribution is -2.30. The van der Waals surface area contributed by atoms with Crippen LogP contribution in [0.25, 0.3) is 0 Å². The quantitative estimate of drug-likeness (QED) is 0.244. The molecule has 0 aromatic heterocycles. The molecule has 0 heterocycles. The fourth-order valence-electron chi connectivity index (χ4n) is 2.10. The van der Waals surface area contributed by atoms with Gasteiger partial charge < -0.3 is 14.2 Å². The molecule has 0 spiro atoms. The Balaban J connectivity index is 2.37. The Kier molecular flexibility index (Phi) is 9.00. The molecule has 6 heteroatoms. The summed E-state index contributed by atoms with van der Waals surface area (Å²) in [4.78, 5) is 23.1. The number of carbonyl (C=O) groups is 2. The molecule has 0 bridgehead atoms. The molecule has 0 aliphatic rings. The number of Topliss-reactive ketones (excluding diaryl/α,β-unsaturated/α-hetero) is 1. The molecule has 24 heavy (non-hydrogen) atoms. The van der Waals surface area contributed by atoms with Gasteiger partial charge in [-0.1, -0.05) is 29.8 Å². The van der Waals surface area contributed by atoms with Gasteiger partial charge in [0.25, 0.3) is 0 Å². The topological polar surface area (TPSA) is 61.8 Å². The maximum Gasteiger partial charge on any atom is 0.302 e. The van der Waals surface area contributed by atoms with E-state index < -0.39 is 4.32 Å². The third-order valence-electron chi connectivity index (χ3n) is 3.67. The van der Waals surface area contributed by atoms with Crippen LogP contribution in [0.2, 0.25) is 0 Å². The number of alkyl halides is 1. The molecule has 0 N–H and O–H groups in total. The van der Waals surface area contributed by atoms with Crippen molar-refractivity contribution < 1.29 is 23.8 Å². The van der Waals surface area contributed by atoms with Crippen LogP contribution in [0.5, 0.6) is 5.75 Å². The number of hydrogen-bond donors (Lipinski definition) is 0. The Morgan fingerprint density at radius 1 is 1.00 bits per heavy atom. The van der Waals surface area contributed by atoms with Crippen molar-refractivity contribution in [3.8, 4) is 5.75 Å². The van der Waals surface area contributed by atoms with Crippen LogP contribution >= 0.6 is 15.9 Å². The standard InChI is InChI=1S/C18H25BrO5/c1-4-18(19,5-2)17(21)15-6-8-16(9-7-15)24-13-11-22-10-12-23-14(3)20/h6-9H,4-5,10-13H2,1-3H3. The molecular weight excluding hydrogens is 376 g/mol. The Morgan fingerprint density at radius 2 is 1.58 bits per heavy atom. The number of esters is 1. The zero-order valence-electron chi connectivity index (χ0n) is 14.5. The van der Waals surface area contributed by atoms with Crippen molar-refractivity contribution in [2.24, 2.45) is 0 Å². The van der Waals surface area contributed by atoms with E-state index in [1.807, 2.05) is 13.8 Å². The molecule has 0 aliphatic carbocycles. The van der Waals surface area contributed by atoms with Crippen molar-refractivity contribution in [2.75, 3.05) is 26.4 Å². The van der Waals surface area contributed by atoms with Crippen molar-refractivity contribution in [1.29, 1.82) is 0 Å².